The van der Waals surface area contributed by atoms with Gasteiger partial charge in [0, 0.05) is 35.6 Å². The van der Waals surface area contributed by atoms with Gasteiger partial charge in [0.2, 0.25) is 5.91 Å². The number of nitrogens with one attached hydrogen (secondary N) is 2. The lowest BCUT2D eigenvalue weighted by atomic mass is 9.98. The van der Waals surface area contributed by atoms with Gasteiger partial charge in [-0.3, -0.25) is 4.79 Å². The van der Waals surface area contributed by atoms with Gasteiger partial charge in [-0.2, -0.15) is 0 Å². The maximum atomic E-state index is 11.5. The Morgan fingerprint density at radius 1 is 1.43 bits per heavy atom. The Balaban J connectivity index is 1.78. The molecule has 21 heavy (non-hydrogen) atoms. The van der Waals surface area contributed by atoms with Gasteiger partial charge in [-0.15, -0.1) is 0 Å². The van der Waals surface area contributed by atoms with Crippen LogP contribution in [0.3, 0.4) is 0 Å². The highest BCUT2D eigenvalue weighted by Gasteiger charge is 2.16. The molecule has 4 nitrogen and oxygen atoms in total. The van der Waals surface area contributed by atoms with Gasteiger partial charge < -0.3 is 15.0 Å². The number of fused-ring (bicyclic) bond motifs is 3. The molecule has 112 valence electrons. The smallest absolute Gasteiger partial charge is 0.219 e. The standard InChI is InChI=1S/C17H22N2O2/c1-2-4-16(20)18-9-8-12-11-19-14-6-7-15-13(17(12)14)5-3-10-21-15/h6-7,11,19H,2-5,8-10H2,1H3,(H,18,20). The van der Waals surface area contributed by atoms with Gasteiger partial charge in [0.25, 0.3) is 0 Å². The van der Waals surface area contributed by atoms with Crippen molar-refractivity contribution in [3.05, 3.63) is 29.5 Å². The number of amides is 1. The fourth-order valence-corrected chi connectivity index (χ4v) is 3.02. The van der Waals surface area contributed by atoms with Crippen molar-refractivity contribution in [3.8, 4) is 5.75 Å². The van der Waals surface area contributed by atoms with Crippen LogP contribution in [0.25, 0.3) is 10.9 Å². The molecule has 3 rings (SSSR count). The van der Waals surface area contributed by atoms with E-state index in [-0.39, 0.29) is 5.91 Å². The van der Waals surface area contributed by atoms with Crippen molar-refractivity contribution in [2.24, 2.45) is 0 Å². The van der Waals surface area contributed by atoms with E-state index in [1.165, 1.54) is 16.5 Å². The molecular formula is C17H22N2O2. The zero-order chi connectivity index (χ0) is 14.7. The van der Waals surface area contributed by atoms with Gasteiger partial charge in [-0.1, -0.05) is 6.92 Å². The van der Waals surface area contributed by atoms with Gasteiger partial charge in [0.05, 0.1) is 6.61 Å². The predicted octanol–water partition coefficient (Wildman–Crippen LogP) is 2.95. The normalized spacial score (nSPS) is 13.8. The van der Waals surface area contributed by atoms with Crippen LogP contribution < -0.4 is 10.1 Å². The van der Waals surface area contributed by atoms with Crippen LogP contribution >= 0.6 is 0 Å². The first-order valence-corrected chi connectivity index (χ1v) is 7.81. The molecule has 1 aromatic heterocycles. The second-order valence-corrected chi connectivity index (χ2v) is 5.58. The molecular weight excluding hydrogens is 264 g/mol. The zero-order valence-electron chi connectivity index (χ0n) is 12.5. The number of aromatic amines is 1. The fourth-order valence-electron chi connectivity index (χ4n) is 3.02. The number of carbonyl (C=O) groups excluding carboxylic acids is 1. The summed E-state index contributed by atoms with van der Waals surface area (Å²) >= 11 is 0. The minimum atomic E-state index is 0.141. The van der Waals surface area contributed by atoms with E-state index in [1.807, 2.05) is 6.92 Å². The summed E-state index contributed by atoms with van der Waals surface area (Å²) in [6, 6.07) is 4.14. The summed E-state index contributed by atoms with van der Waals surface area (Å²) in [5.74, 6) is 1.16. The molecule has 1 amide bonds. The monoisotopic (exact) mass is 286 g/mol. The molecule has 0 spiro atoms. The number of ether oxygens (including phenoxy) is 1. The molecule has 0 saturated carbocycles. The van der Waals surface area contributed by atoms with E-state index in [0.29, 0.717) is 13.0 Å². The first kappa shape index (κ1) is 14.0. The minimum absolute atomic E-state index is 0.141. The molecule has 1 aromatic carbocycles. The number of rotatable bonds is 5. The number of carbonyl (C=O) groups is 1. The lowest BCUT2D eigenvalue weighted by molar-refractivity contribution is -0.121. The number of hydrogen-bond donors (Lipinski definition) is 2. The molecule has 0 radical (unpaired) electrons. The third kappa shape index (κ3) is 2.89. The van der Waals surface area contributed by atoms with Crippen LogP contribution in [0.4, 0.5) is 0 Å². The first-order valence-electron chi connectivity index (χ1n) is 7.81. The number of H-pyrrole nitrogens is 1. The topological polar surface area (TPSA) is 54.1 Å². The van der Waals surface area contributed by atoms with Crippen molar-refractivity contribution in [2.75, 3.05) is 13.2 Å². The molecule has 4 heteroatoms. The van der Waals surface area contributed by atoms with Crippen LogP contribution in [-0.2, 0) is 17.6 Å². The van der Waals surface area contributed by atoms with Crippen molar-refractivity contribution in [3.63, 3.8) is 0 Å². The summed E-state index contributed by atoms with van der Waals surface area (Å²) in [5.41, 5.74) is 3.74. The van der Waals surface area contributed by atoms with Gasteiger partial charge in [0.1, 0.15) is 5.75 Å². The Kier molecular flexibility index (Phi) is 4.13. The van der Waals surface area contributed by atoms with E-state index < -0.39 is 0 Å². The van der Waals surface area contributed by atoms with Crippen molar-refractivity contribution in [2.45, 2.75) is 39.0 Å². The molecule has 1 aliphatic rings. The highest BCUT2D eigenvalue weighted by molar-refractivity contribution is 5.89. The maximum Gasteiger partial charge on any atom is 0.219 e. The highest BCUT2D eigenvalue weighted by Crippen LogP contribution is 2.33. The first-order chi connectivity index (χ1) is 10.3. The molecule has 0 aliphatic carbocycles. The van der Waals surface area contributed by atoms with Crippen LogP contribution in [0.15, 0.2) is 18.3 Å². The van der Waals surface area contributed by atoms with Crippen LogP contribution in [-0.4, -0.2) is 24.0 Å². The van der Waals surface area contributed by atoms with Crippen LogP contribution in [0.1, 0.15) is 37.3 Å². The summed E-state index contributed by atoms with van der Waals surface area (Å²) in [6.45, 7) is 3.52. The Labute approximate surface area is 124 Å². The average Bonchev–Trinajstić information content (AvgIpc) is 2.91. The van der Waals surface area contributed by atoms with E-state index in [0.717, 1.165) is 43.6 Å². The van der Waals surface area contributed by atoms with E-state index in [2.05, 4.69) is 28.6 Å². The highest BCUT2D eigenvalue weighted by atomic mass is 16.5. The number of aryl methyl sites for hydroxylation is 1. The second kappa shape index (κ2) is 6.20. The molecule has 0 unspecified atom stereocenters. The minimum Gasteiger partial charge on any atom is -0.493 e. The summed E-state index contributed by atoms with van der Waals surface area (Å²) in [4.78, 5) is 14.9. The largest absolute Gasteiger partial charge is 0.493 e. The molecule has 2 heterocycles. The molecule has 2 aromatic rings. The van der Waals surface area contributed by atoms with E-state index in [9.17, 15) is 4.79 Å². The average molecular weight is 286 g/mol. The Bertz CT molecular complexity index is 646. The van der Waals surface area contributed by atoms with Gasteiger partial charge >= 0.3 is 0 Å². The molecule has 1 aliphatic heterocycles. The van der Waals surface area contributed by atoms with Gasteiger partial charge in [-0.25, -0.2) is 0 Å². The van der Waals surface area contributed by atoms with Crippen molar-refractivity contribution >= 4 is 16.8 Å². The lowest BCUT2D eigenvalue weighted by Gasteiger charge is -2.18. The number of hydrogen-bond acceptors (Lipinski definition) is 2. The summed E-state index contributed by atoms with van der Waals surface area (Å²) in [6.07, 6.45) is 6.56. The Morgan fingerprint density at radius 2 is 2.33 bits per heavy atom. The van der Waals surface area contributed by atoms with Crippen molar-refractivity contribution in [1.29, 1.82) is 0 Å². The Morgan fingerprint density at radius 3 is 3.19 bits per heavy atom. The summed E-state index contributed by atoms with van der Waals surface area (Å²) < 4.78 is 5.75. The van der Waals surface area contributed by atoms with Crippen molar-refractivity contribution < 1.29 is 9.53 Å². The third-order valence-corrected chi connectivity index (χ3v) is 4.02. The molecule has 2 N–H and O–H groups in total. The molecule has 0 bridgehead atoms. The van der Waals surface area contributed by atoms with Crippen LogP contribution in [0, 0.1) is 0 Å². The fraction of sp³-hybridized carbons (Fsp3) is 0.471. The molecule has 0 saturated heterocycles. The summed E-state index contributed by atoms with van der Waals surface area (Å²) in [5, 5.41) is 4.27. The van der Waals surface area contributed by atoms with Gasteiger partial charge in [-0.05, 0) is 43.4 Å². The lowest BCUT2D eigenvalue weighted by Crippen LogP contribution is -2.25. The van der Waals surface area contributed by atoms with Crippen LogP contribution in [0.5, 0.6) is 5.75 Å². The van der Waals surface area contributed by atoms with Crippen molar-refractivity contribution in [1.82, 2.24) is 10.3 Å². The predicted molar refractivity (Wildman–Crippen MR) is 83.7 cm³/mol. The SMILES string of the molecule is CCCC(=O)NCCc1c[nH]c2ccc3c(c12)CCCO3. The third-order valence-electron chi connectivity index (χ3n) is 4.02. The van der Waals surface area contributed by atoms with Crippen LogP contribution in [0.2, 0.25) is 0 Å². The van der Waals surface area contributed by atoms with E-state index >= 15 is 0 Å². The maximum absolute atomic E-state index is 11.5. The van der Waals surface area contributed by atoms with Gasteiger partial charge in [0.15, 0.2) is 0 Å². The zero-order valence-corrected chi connectivity index (χ0v) is 12.5. The Hall–Kier alpha value is -1.97. The van der Waals surface area contributed by atoms with E-state index in [4.69, 9.17) is 4.74 Å². The molecule has 0 fully saturated rings. The quantitative estimate of drug-likeness (QED) is 0.888. The summed E-state index contributed by atoms with van der Waals surface area (Å²) in [7, 11) is 0. The second-order valence-electron chi connectivity index (χ2n) is 5.58. The number of benzene rings is 1. The van der Waals surface area contributed by atoms with E-state index in [1.54, 1.807) is 0 Å². The number of aromatic nitrogens is 1. The molecule has 0 atom stereocenters.